The maximum Gasteiger partial charge on any atom is 0.417 e. The van der Waals surface area contributed by atoms with E-state index in [1.165, 1.54) is 22.6 Å². The van der Waals surface area contributed by atoms with Crippen molar-refractivity contribution in [2.24, 2.45) is 0 Å². The summed E-state index contributed by atoms with van der Waals surface area (Å²) in [4.78, 5) is 0. The minimum Gasteiger partial charge on any atom is -0.206 e. The fraction of sp³-hybridized carbons (Fsp3) is 0.143. The molecule has 1 aromatic carbocycles. The summed E-state index contributed by atoms with van der Waals surface area (Å²) in [5, 5.41) is 0. The minimum absolute atomic E-state index is 0.0626. The lowest BCUT2D eigenvalue weighted by Crippen LogP contribution is -2.07. The standard InChI is InChI=1S/C7H2BrF4I/c8-5-3(7(10,11)12)1-2-4(9)6(5)13/h1-2H. The van der Waals surface area contributed by atoms with Crippen molar-refractivity contribution in [2.75, 3.05) is 0 Å². The molecule has 13 heavy (non-hydrogen) atoms. The highest BCUT2D eigenvalue weighted by atomic mass is 127. The Balaban J connectivity index is 3.35. The molecule has 0 saturated carbocycles. The van der Waals surface area contributed by atoms with Crippen molar-refractivity contribution in [3.63, 3.8) is 0 Å². The lowest BCUT2D eigenvalue weighted by Gasteiger charge is -2.10. The highest BCUT2D eigenvalue weighted by Gasteiger charge is 2.34. The summed E-state index contributed by atoms with van der Waals surface area (Å²) in [6.45, 7) is 0. The van der Waals surface area contributed by atoms with Gasteiger partial charge < -0.3 is 0 Å². The van der Waals surface area contributed by atoms with E-state index in [4.69, 9.17) is 0 Å². The van der Waals surface area contributed by atoms with Crippen LogP contribution in [0.4, 0.5) is 17.6 Å². The van der Waals surface area contributed by atoms with Crippen LogP contribution in [0.15, 0.2) is 16.6 Å². The summed E-state index contributed by atoms with van der Waals surface area (Å²) in [6.07, 6.45) is -4.45. The van der Waals surface area contributed by atoms with E-state index in [1.54, 1.807) is 0 Å². The molecular formula is C7H2BrF4I. The minimum atomic E-state index is -4.45. The molecule has 0 N–H and O–H groups in total. The second kappa shape index (κ2) is 3.72. The van der Waals surface area contributed by atoms with Gasteiger partial charge in [-0.25, -0.2) is 4.39 Å². The molecule has 0 radical (unpaired) electrons. The Bertz CT molecular complexity index is 334. The van der Waals surface area contributed by atoms with Crippen LogP contribution in [0, 0.1) is 9.39 Å². The number of benzene rings is 1. The van der Waals surface area contributed by atoms with Crippen molar-refractivity contribution in [2.45, 2.75) is 6.18 Å². The third-order valence-electron chi connectivity index (χ3n) is 1.34. The molecule has 0 spiro atoms. The molecule has 0 saturated heterocycles. The van der Waals surface area contributed by atoms with E-state index in [0.29, 0.717) is 6.07 Å². The van der Waals surface area contributed by atoms with Gasteiger partial charge in [-0.15, -0.1) is 0 Å². The monoisotopic (exact) mass is 368 g/mol. The summed E-state index contributed by atoms with van der Waals surface area (Å²) in [5.74, 6) is -0.666. The fourth-order valence-electron chi connectivity index (χ4n) is 0.745. The van der Waals surface area contributed by atoms with Gasteiger partial charge in [-0.2, -0.15) is 13.2 Å². The van der Waals surface area contributed by atoms with Gasteiger partial charge in [-0.3, -0.25) is 0 Å². The van der Waals surface area contributed by atoms with Gasteiger partial charge in [0.15, 0.2) is 0 Å². The zero-order valence-electron chi connectivity index (χ0n) is 5.92. The summed E-state index contributed by atoms with van der Waals surface area (Å²) < 4.78 is 49.0. The molecule has 0 fully saturated rings. The van der Waals surface area contributed by atoms with E-state index in [1.807, 2.05) is 0 Å². The highest BCUT2D eigenvalue weighted by molar-refractivity contribution is 14.1. The van der Waals surface area contributed by atoms with Gasteiger partial charge in [0.25, 0.3) is 0 Å². The van der Waals surface area contributed by atoms with Gasteiger partial charge in [0.05, 0.1) is 9.13 Å². The van der Waals surface area contributed by atoms with Crippen LogP contribution in [0.2, 0.25) is 0 Å². The molecular weight excluding hydrogens is 367 g/mol. The van der Waals surface area contributed by atoms with Gasteiger partial charge in [0.2, 0.25) is 0 Å². The molecule has 0 aliphatic carbocycles. The molecule has 0 nitrogen and oxygen atoms in total. The zero-order valence-corrected chi connectivity index (χ0v) is 9.67. The molecule has 6 heteroatoms. The lowest BCUT2D eigenvalue weighted by molar-refractivity contribution is -0.138. The Morgan fingerprint density at radius 1 is 1.23 bits per heavy atom. The molecule has 0 heterocycles. The Labute approximate surface area is 93.6 Å². The smallest absolute Gasteiger partial charge is 0.206 e. The van der Waals surface area contributed by atoms with Crippen LogP contribution in [0.3, 0.4) is 0 Å². The average molecular weight is 369 g/mol. The molecule has 0 bridgehead atoms. The Hall–Kier alpha value is 0.150. The van der Waals surface area contributed by atoms with E-state index < -0.39 is 17.6 Å². The first kappa shape index (κ1) is 11.2. The Kier molecular flexibility index (Phi) is 3.21. The maximum absolute atomic E-state index is 12.7. The molecule has 0 atom stereocenters. The number of hydrogen-bond acceptors (Lipinski definition) is 0. The van der Waals surface area contributed by atoms with Crippen molar-refractivity contribution in [3.8, 4) is 0 Å². The number of halogens is 6. The first-order valence-corrected chi connectivity index (χ1v) is 4.92. The zero-order chi connectivity index (χ0) is 10.2. The first-order chi connectivity index (χ1) is 5.84. The van der Waals surface area contributed by atoms with E-state index in [-0.39, 0.29) is 8.04 Å². The summed E-state index contributed by atoms with van der Waals surface area (Å²) >= 11 is 4.21. The third kappa shape index (κ3) is 2.34. The SMILES string of the molecule is Fc1ccc(C(F)(F)F)c(Br)c1I. The van der Waals surface area contributed by atoms with Crippen molar-refractivity contribution >= 4 is 38.5 Å². The normalized spacial score (nSPS) is 11.8. The van der Waals surface area contributed by atoms with Crippen LogP contribution >= 0.6 is 38.5 Å². The molecule has 0 aromatic heterocycles. The van der Waals surface area contributed by atoms with Gasteiger partial charge >= 0.3 is 6.18 Å². The molecule has 72 valence electrons. The van der Waals surface area contributed by atoms with Crippen molar-refractivity contribution in [1.82, 2.24) is 0 Å². The van der Waals surface area contributed by atoms with Gasteiger partial charge in [-0.05, 0) is 50.7 Å². The molecule has 0 amide bonds. The van der Waals surface area contributed by atoms with E-state index >= 15 is 0 Å². The van der Waals surface area contributed by atoms with Crippen LogP contribution in [0.25, 0.3) is 0 Å². The first-order valence-electron chi connectivity index (χ1n) is 3.04. The molecule has 1 rings (SSSR count). The Morgan fingerprint density at radius 3 is 2.23 bits per heavy atom. The molecule has 0 unspecified atom stereocenters. The van der Waals surface area contributed by atoms with E-state index in [2.05, 4.69) is 15.9 Å². The highest BCUT2D eigenvalue weighted by Crippen LogP contribution is 2.37. The van der Waals surface area contributed by atoms with Gasteiger partial charge in [0, 0.05) is 4.47 Å². The van der Waals surface area contributed by atoms with Gasteiger partial charge in [0.1, 0.15) is 5.82 Å². The number of alkyl halides is 3. The lowest BCUT2D eigenvalue weighted by atomic mass is 10.2. The third-order valence-corrected chi connectivity index (χ3v) is 3.96. The fourth-order valence-corrected chi connectivity index (χ4v) is 1.76. The predicted octanol–water partition coefficient (Wildman–Crippen LogP) is 4.21. The van der Waals surface area contributed by atoms with Crippen molar-refractivity contribution in [3.05, 3.63) is 31.6 Å². The second-order valence-corrected chi connectivity index (χ2v) is 4.09. The van der Waals surface area contributed by atoms with Crippen LogP contribution in [0.1, 0.15) is 5.56 Å². The number of rotatable bonds is 0. The van der Waals surface area contributed by atoms with Crippen molar-refractivity contribution in [1.29, 1.82) is 0 Å². The molecule has 0 aliphatic heterocycles. The summed E-state index contributed by atoms with van der Waals surface area (Å²) in [7, 11) is 0. The topological polar surface area (TPSA) is 0 Å². The van der Waals surface area contributed by atoms with Crippen LogP contribution < -0.4 is 0 Å². The van der Waals surface area contributed by atoms with Crippen LogP contribution in [-0.2, 0) is 6.18 Å². The van der Waals surface area contributed by atoms with E-state index in [0.717, 1.165) is 6.07 Å². The Morgan fingerprint density at radius 2 is 1.77 bits per heavy atom. The second-order valence-electron chi connectivity index (χ2n) is 2.22. The van der Waals surface area contributed by atoms with E-state index in [9.17, 15) is 17.6 Å². The molecule has 0 aliphatic rings. The quantitative estimate of drug-likeness (QED) is 0.365. The van der Waals surface area contributed by atoms with Gasteiger partial charge in [-0.1, -0.05) is 0 Å². The molecule has 1 aromatic rings. The van der Waals surface area contributed by atoms with Crippen LogP contribution in [0.5, 0.6) is 0 Å². The number of hydrogen-bond donors (Lipinski definition) is 0. The van der Waals surface area contributed by atoms with Crippen LogP contribution in [-0.4, -0.2) is 0 Å². The summed E-state index contributed by atoms with van der Waals surface area (Å²) in [6, 6.07) is 1.51. The average Bonchev–Trinajstić information content (AvgIpc) is 1.98. The van der Waals surface area contributed by atoms with Crippen molar-refractivity contribution < 1.29 is 17.6 Å². The largest absolute Gasteiger partial charge is 0.417 e. The predicted molar refractivity (Wildman–Crippen MR) is 51.8 cm³/mol. The summed E-state index contributed by atoms with van der Waals surface area (Å²) in [5.41, 5.74) is -0.863. The maximum atomic E-state index is 12.7.